The number of rotatable bonds is 4. The molecule has 0 fully saturated rings. The van der Waals surface area contributed by atoms with Crippen LogP contribution >= 0.6 is 0 Å². The lowest BCUT2D eigenvalue weighted by Crippen LogP contribution is -2.22. The van der Waals surface area contributed by atoms with Crippen LogP contribution in [-0.4, -0.2) is 6.54 Å². The van der Waals surface area contributed by atoms with E-state index in [-0.39, 0.29) is 0 Å². The van der Waals surface area contributed by atoms with Crippen molar-refractivity contribution in [1.82, 2.24) is 5.32 Å². The Bertz CT molecular complexity index is 408. The number of hydrogen-bond donors (Lipinski definition) is 1. The van der Waals surface area contributed by atoms with Gasteiger partial charge in [0.25, 0.3) is 0 Å². The highest BCUT2D eigenvalue weighted by Gasteiger charge is 2.22. The zero-order valence-electron chi connectivity index (χ0n) is 13.0. The van der Waals surface area contributed by atoms with Crippen LogP contribution in [-0.2, 0) is 12.8 Å². The van der Waals surface area contributed by atoms with Crippen LogP contribution in [0.4, 0.5) is 0 Å². The minimum absolute atomic E-state index is 0.560. The van der Waals surface area contributed by atoms with Gasteiger partial charge in [0.15, 0.2) is 0 Å². The van der Waals surface area contributed by atoms with Crippen molar-refractivity contribution in [1.29, 1.82) is 0 Å². The Morgan fingerprint density at radius 3 is 2.79 bits per heavy atom. The predicted octanol–water partition coefficient (Wildman–Crippen LogP) is 4.51. The van der Waals surface area contributed by atoms with Gasteiger partial charge in [-0.15, -0.1) is 0 Å². The third-order valence-corrected chi connectivity index (χ3v) is 4.22. The summed E-state index contributed by atoms with van der Waals surface area (Å²) in [5.74, 6) is 1.56. The lowest BCUT2D eigenvalue weighted by molar-refractivity contribution is 0.414. The molecule has 19 heavy (non-hydrogen) atoms. The summed E-state index contributed by atoms with van der Waals surface area (Å²) in [6, 6.07) is 7.76. The van der Waals surface area contributed by atoms with Crippen molar-refractivity contribution < 1.29 is 0 Å². The van der Waals surface area contributed by atoms with Gasteiger partial charge >= 0.3 is 0 Å². The van der Waals surface area contributed by atoms with Gasteiger partial charge in [-0.25, -0.2) is 0 Å². The molecule has 1 heteroatoms. The van der Waals surface area contributed by atoms with Crippen molar-refractivity contribution in [2.75, 3.05) is 6.54 Å². The molecule has 106 valence electrons. The van der Waals surface area contributed by atoms with E-state index in [0.717, 1.165) is 18.4 Å². The standard InChI is InChI=1S/C18H29N/c1-5-19-18-11-14(4)6-8-16-9-7-15(10-13(2)3)12-17(16)18/h7,9,12-14,18-19H,5-6,8,10-11H2,1-4H3. The minimum atomic E-state index is 0.560. The molecular formula is C18H29N. The second-order valence-electron chi connectivity index (χ2n) is 6.62. The molecule has 0 spiro atoms. The number of aryl methyl sites for hydroxylation is 1. The number of benzene rings is 1. The second kappa shape index (κ2) is 6.56. The normalized spacial score (nSPS) is 23.2. The summed E-state index contributed by atoms with van der Waals surface area (Å²) >= 11 is 0. The van der Waals surface area contributed by atoms with Crippen molar-refractivity contribution in [3.8, 4) is 0 Å². The first kappa shape index (κ1) is 14.6. The molecule has 0 heterocycles. The van der Waals surface area contributed by atoms with Crippen molar-refractivity contribution >= 4 is 0 Å². The predicted molar refractivity (Wildman–Crippen MR) is 83.5 cm³/mol. The highest BCUT2D eigenvalue weighted by Crippen LogP contribution is 2.32. The van der Waals surface area contributed by atoms with E-state index >= 15 is 0 Å². The quantitative estimate of drug-likeness (QED) is 0.785. The largest absolute Gasteiger partial charge is 0.310 e. The first-order chi connectivity index (χ1) is 9.10. The van der Waals surface area contributed by atoms with E-state index < -0.39 is 0 Å². The van der Waals surface area contributed by atoms with Crippen LogP contribution in [0.3, 0.4) is 0 Å². The molecule has 2 rings (SSSR count). The van der Waals surface area contributed by atoms with Crippen molar-refractivity contribution in [2.24, 2.45) is 11.8 Å². The van der Waals surface area contributed by atoms with E-state index in [2.05, 4.69) is 51.2 Å². The highest BCUT2D eigenvalue weighted by atomic mass is 14.9. The summed E-state index contributed by atoms with van der Waals surface area (Å²) in [5, 5.41) is 3.69. The van der Waals surface area contributed by atoms with Crippen LogP contribution in [0.15, 0.2) is 18.2 Å². The summed E-state index contributed by atoms with van der Waals surface area (Å²) < 4.78 is 0. The summed E-state index contributed by atoms with van der Waals surface area (Å²) in [6.07, 6.45) is 5.06. The SMILES string of the molecule is CCNC1CC(C)CCc2ccc(CC(C)C)cc21. The fraction of sp³-hybridized carbons (Fsp3) is 0.667. The second-order valence-corrected chi connectivity index (χ2v) is 6.62. The van der Waals surface area contributed by atoms with Crippen LogP contribution in [0.5, 0.6) is 0 Å². The first-order valence-electron chi connectivity index (χ1n) is 7.95. The number of fused-ring (bicyclic) bond motifs is 1. The minimum Gasteiger partial charge on any atom is -0.310 e. The lowest BCUT2D eigenvalue weighted by Gasteiger charge is -2.21. The topological polar surface area (TPSA) is 12.0 Å². The summed E-state index contributed by atoms with van der Waals surface area (Å²) in [4.78, 5) is 0. The zero-order chi connectivity index (χ0) is 13.8. The zero-order valence-corrected chi connectivity index (χ0v) is 13.0. The van der Waals surface area contributed by atoms with Gasteiger partial charge in [0.05, 0.1) is 0 Å². The molecule has 1 aliphatic carbocycles. The van der Waals surface area contributed by atoms with E-state index in [1.165, 1.54) is 31.2 Å². The van der Waals surface area contributed by atoms with Crippen LogP contribution in [0, 0.1) is 11.8 Å². The molecule has 0 bridgehead atoms. The lowest BCUT2D eigenvalue weighted by atomic mass is 9.93. The average Bonchev–Trinajstić information content (AvgIpc) is 2.49. The molecule has 0 aliphatic heterocycles. The fourth-order valence-electron chi connectivity index (χ4n) is 3.28. The van der Waals surface area contributed by atoms with Crippen LogP contribution in [0.1, 0.15) is 63.3 Å². The Hall–Kier alpha value is -0.820. The van der Waals surface area contributed by atoms with Crippen molar-refractivity contribution in [3.05, 3.63) is 34.9 Å². The molecule has 0 amide bonds. The molecule has 0 saturated carbocycles. The van der Waals surface area contributed by atoms with Crippen molar-refractivity contribution in [2.45, 2.75) is 59.4 Å². The van der Waals surface area contributed by atoms with E-state index in [9.17, 15) is 0 Å². The Balaban J connectivity index is 2.29. The summed E-state index contributed by atoms with van der Waals surface area (Å²) in [5.41, 5.74) is 4.65. The monoisotopic (exact) mass is 259 g/mol. The third kappa shape index (κ3) is 3.82. The fourth-order valence-corrected chi connectivity index (χ4v) is 3.28. The van der Waals surface area contributed by atoms with Gasteiger partial charge in [-0.1, -0.05) is 45.9 Å². The van der Waals surface area contributed by atoms with Gasteiger partial charge in [-0.3, -0.25) is 0 Å². The molecule has 1 aliphatic rings. The van der Waals surface area contributed by atoms with Gasteiger partial charge in [-0.2, -0.15) is 0 Å². The molecular weight excluding hydrogens is 230 g/mol. The van der Waals surface area contributed by atoms with Gasteiger partial charge in [0.2, 0.25) is 0 Å². The van der Waals surface area contributed by atoms with E-state index in [1.54, 1.807) is 11.1 Å². The number of nitrogens with one attached hydrogen (secondary N) is 1. The van der Waals surface area contributed by atoms with Gasteiger partial charge < -0.3 is 5.32 Å². The molecule has 1 aromatic rings. The molecule has 2 atom stereocenters. The number of hydrogen-bond acceptors (Lipinski definition) is 1. The Kier molecular flexibility index (Phi) is 5.04. The molecule has 1 N–H and O–H groups in total. The maximum Gasteiger partial charge on any atom is 0.0325 e. The van der Waals surface area contributed by atoms with Gasteiger partial charge in [0, 0.05) is 6.04 Å². The maximum atomic E-state index is 3.69. The Morgan fingerprint density at radius 2 is 2.11 bits per heavy atom. The molecule has 0 saturated heterocycles. The summed E-state index contributed by atoms with van der Waals surface area (Å²) in [7, 11) is 0. The smallest absolute Gasteiger partial charge is 0.0325 e. The highest BCUT2D eigenvalue weighted by molar-refractivity contribution is 5.36. The van der Waals surface area contributed by atoms with Gasteiger partial charge in [-0.05, 0) is 60.8 Å². The van der Waals surface area contributed by atoms with Gasteiger partial charge in [0.1, 0.15) is 0 Å². The van der Waals surface area contributed by atoms with Crippen LogP contribution in [0.25, 0.3) is 0 Å². The molecule has 0 radical (unpaired) electrons. The molecule has 1 nitrogen and oxygen atoms in total. The van der Waals surface area contributed by atoms with E-state index in [0.29, 0.717) is 6.04 Å². The molecule has 1 aromatic carbocycles. The molecule has 2 unspecified atom stereocenters. The summed E-state index contributed by atoms with van der Waals surface area (Å²) in [6.45, 7) is 10.3. The third-order valence-electron chi connectivity index (χ3n) is 4.22. The van der Waals surface area contributed by atoms with E-state index in [1.807, 2.05) is 0 Å². The Labute approximate surface area is 118 Å². The maximum absolute atomic E-state index is 3.69. The van der Waals surface area contributed by atoms with Crippen LogP contribution in [0.2, 0.25) is 0 Å². The Morgan fingerprint density at radius 1 is 1.32 bits per heavy atom. The molecule has 0 aromatic heterocycles. The average molecular weight is 259 g/mol. The van der Waals surface area contributed by atoms with Crippen LogP contribution < -0.4 is 5.32 Å². The van der Waals surface area contributed by atoms with E-state index in [4.69, 9.17) is 0 Å². The van der Waals surface area contributed by atoms with Crippen molar-refractivity contribution in [3.63, 3.8) is 0 Å². The first-order valence-corrected chi connectivity index (χ1v) is 7.95.